The number of hydrogen-bond acceptors (Lipinski definition) is 4. The fourth-order valence-electron chi connectivity index (χ4n) is 3.48. The smallest absolute Gasteiger partial charge is 0.231 e. The van der Waals surface area contributed by atoms with Crippen LogP contribution < -0.4 is 9.47 Å². The monoisotopic (exact) mass is 287 g/mol. The van der Waals surface area contributed by atoms with E-state index in [0.717, 1.165) is 11.1 Å². The van der Waals surface area contributed by atoms with Crippen molar-refractivity contribution in [2.24, 2.45) is 0 Å². The Morgan fingerprint density at radius 1 is 1.10 bits per heavy atom. The molecule has 0 aliphatic carbocycles. The summed E-state index contributed by atoms with van der Waals surface area (Å²) < 4.78 is 10.9. The van der Waals surface area contributed by atoms with Crippen LogP contribution in [0, 0.1) is 0 Å². The van der Waals surface area contributed by atoms with Crippen LogP contribution in [0.1, 0.15) is 42.7 Å². The third kappa shape index (κ3) is 2.07. The van der Waals surface area contributed by atoms with E-state index in [2.05, 4.69) is 0 Å². The van der Waals surface area contributed by atoms with Gasteiger partial charge in [0, 0.05) is 31.8 Å². The average Bonchev–Trinajstić information content (AvgIpc) is 2.85. The van der Waals surface area contributed by atoms with Crippen LogP contribution >= 0.6 is 0 Å². The highest BCUT2D eigenvalue weighted by atomic mass is 16.7. The molecule has 4 rings (SSSR count). The van der Waals surface area contributed by atoms with E-state index >= 15 is 0 Å². The molecule has 5 nitrogen and oxygen atoms in total. The average molecular weight is 287 g/mol. The lowest BCUT2D eigenvalue weighted by atomic mass is 9.87. The van der Waals surface area contributed by atoms with Gasteiger partial charge in [-0.3, -0.25) is 9.59 Å². The minimum absolute atomic E-state index is 0.120. The van der Waals surface area contributed by atoms with Gasteiger partial charge in [-0.05, 0) is 36.1 Å². The molecule has 0 aromatic heterocycles. The minimum atomic E-state index is -0.120. The van der Waals surface area contributed by atoms with E-state index in [9.17, 15) is 9.59 Å². The summed E-state index contributed by atoms with van der Waals surface area (Å²) >= 11 is 0. The molecule has 110 valence electrons. The summed E-state index contributed by atoms with van der Waals surface area (Å²) in [4.78, 5) is 26.6. The van der Waals surface area contributed by atoms with Gasteiger partial charge in [0.05, 0.1) is 0 Å². The summed E-state index contributed by atoms with van der Waals surface area (Å²) in [5.74, 6) is 1.70. The van der Waals surface area contributed by atoms with Gasteiger partial charge >= 0.3 is 0 Å². The predicted molar refractivity (Wildman–Crippen MR) is 74.2 cm³/mol. The van der Waals surface area contributed by atoms with E-state index in [1.165, 1.54) is 0 Å². The predicted octanol–water partition coefficient (Wildman–Crippen LogP) is 1.98. The maximum Gasteiger partial charge on any atom is 0.231 e. The zero-order chi connectivity index (χ0) is 14.4. The van der Waals surface area contributed by atoms with Gasteiger partial charge in [0.1, 0.15) is 5.78 Å². The summed E-state index contributed by atoms with van der Waals surface area (Å²) in [6.45, 7) is 1.43. The Morgan fingerprint density at radius 3 is 2.76 bits per heavy atom. The number of benzene rings is 1. The van der Waals surface area contributed by atoms with Crippen molar-refractivity contribution in [1.82, 2.24) is 4.90 Å². The van der Waals surface area contributed by atoms with Gasteiger partial charge in [-0.25, -0.2) is 0 Å². The zero-order valence-corrected chi connectivity index (χ0v) is 11.8. The second-order valence-corrected chi connectivity index (χ2v) is 5.88. The van der Waals surface area contributed by atoms with E-state index in [1.54, 1.807) is 0 Å². The van der Waals surface area contributed by atoms with Crippen LogP contribution in [0.15, 0.2) is 12.1 Å². The standard InChI is InChI=1S/C16H17NO4/c18-13-2-1-3-16(19)17-5-4-11(13)12-7-15-14(20-9-21-15)6-10(12)8-17/h6-7,11H,1-5,8-9H2. The molecule has 0 spiro atoms. The second-order valence-electron chi connectivity index (χ2n) is 5.88. The molecule has 5 heteroatoms. The van der Waals surface area contributed by atoms with Gasteiger partial charge in [0.25, 0.3) is 0 Å². The molecule has 3 heterocycles. The first-order chi connectivity index (χ1) is 10.2. The number of ketones is 1. The molecule has 3 aliphatic heterocycles. The highest BCUT2D eigenvalue weighted by Crippen LogP contribution is 2.41. The van der Waals surface area contributed by atoms with Gasteiger partial charge in [-0.15, -0.1) is 0 Å². The quantitative estimate of drug-likeness (QED) is 0.732. The minimum Gasteiger partial charge on any atom is -0.454 e. The lowest BCUT2D eigenvalue weighted by Gasteiger charge is -2.21. The Hall–Kier alpha value is -2.04. The van der Waals surface area contributed by atoms with Crippen molar-refractivity contribution in [1.29, 1.82) is 0 Å². The van der Waals surface area contributed by atoms with Crippen molar-refractivity contribution < 1.29 is 19.1 Å². The maximum absolute atomic E-state index is 12.5. The first kappa shape index (κ1) is 12.7. The number of rotatable bonds is 0. The first-order valence-electron chi connectivity index (χ1n) is 7.45. The fourth-order valence-corrected chi connectivity index (χ4v) is 3.48. The number of carbonyl (C=O) groups excluding carboxylic acids is 2. The molecule has 1 aromatic rings. The lowest BCUT2D eigenvalue weighted by molar-refractivity contribution is -0.131. The molecule has 0 N–H and O–H groups in total. The summed E-state index contributed by atoms with van der Waals surface area (Å²) in [6, 6.07) is 3.88. The first-order valence-corrected chi connectivity index (χ1v) is 7.45. The summed E-state index contributed by atoms with van der Waals surface area (Å²) in [5, 5.41) is 0. The van der Waals surface area contributed by atoms with Crippen molar-refractivity contribution in [2.75, 3.05) is 13.3 Å². The molecule has 3 aliphatic rings. The van der Waals surface area contributed by atoms with E-state index in [0.29, 0.717) is 50.3 Å². The molecule has 1 atom stereocenters. The second kappa shape index (κ2) is 4.76. The van der Waals surface area contributed by atoms with Gasteiger partial charge in [-0.1, -0.05) is 0 Å². The molecule has 0 saturated carbocycles. The molecule has 1 unspecified atom stereocenters. The normalized spacial score (nSPS) is 24.2. The molecule has 1 saturated heterocycles. The zero-order valence-electron chi connectivity index (χ0n) is 11.8. The number of Topliss-reactive ketones (excluding diaryl/α,β-unsaturated/α-hetero) is 1. The van der Waals surface area contributed by atoms with Crippen LogP contribution in [0.2, 0.25) is 0 Å². The summed E-state index contributed by atoms with van der Waals surface area (Å²) in [7, 11) is 0. The highest BCUT2D eigenvalue weighted by molar-refractivity contribution is 5.88. The van der Waals surface area contributed by atoms with Crippen LogP contribution in [-0.2, 0) is 16.1 Å². The van der Waals surface area contributed by atoms with Gasteiger partial charge in [0.2, 0.25) is 12.7 Å². The van der Waals surface area contributed by atoms with Gasteiger partial charge in [-0.2, -0.15) is 0 Å². The third-order valence-electron chi connectivity index (χ3n) is 4.61. The molecule has 0 radical (unpaired) electrons. The number of nitrogens with zero attached hydrogens (tertiary/aromatic N) is 1. The Labute approximate surface area is 122 Å². The number of carbonyl (C=O) groups is 2. The third-order valence-corrected chi connectivity index (χ3v) is 4.61. The van der Waals surface area contributed by atoms with Crippen LogP contribution in [0.25, 0.3) is 0 Å². The van der Waals surface area contributed by atoms with E-state index < -0.39 is 0 Å². The molecule has 1 fully saturated rings. The van der Waals surface area contributed by atoms with Crippen LogP contribution in [-0.4, -0.2) is 29.9 Å². The highest BCUT2D eigenvalue weighted by Gasteiger charge is 2.32. The van der Waals surface area contributed by atoms with Gasteiger partial charge < -0.3 is 14.4 Å². The van der Waals surface area contributed by atoms with Crippen molar-refractivity contribution in [2.45, 2.75) is 38.1 Å². The summed E-state index contributed by atoms with van der Waals surface area (Å²) in [5.41, 5.74) is 2.03. The van der Waals surface area contributed by atoms with Crippen molar-refractivity contribution in [3.63, 3.8) is 0 Å². The van der Waals surface area contributed by atoms with E-state index in [4.69, 9.17) is 9.47 Å². The Morgan fingerprint density at radius 2 is 1.90 bits per heavy atom. The number of fused-ring (bicyclic) bond motifs is 6. The van der Waals surface area contributed by atoms with Crippen LogP contribution in [0.5, 0.6) is 11.5 Å². The molecular formula is C16H17NO4. The van der Waals surface area contributed by atoms with Crippen LogP contribution in [0.4, 0.5) is 0 Å². The molecule has 1 amide bonds. The Kier molecular flexibility index (Phi) is 2.87. The van der Waals surface area contributed by atoms with E-state index in [1.807, 2.05) is 17.0 Å². The number of hydrogen-bond donors (Lipinski definition) is 0. The molecule has 1 aromatic carbocycles. The van der Waals surface area contributed by atoms with Crippen molar-refractivity contribution in [3.05, 3.63) is 23.3 Å². The SMILES string of the molecule is O=C1CCCC(=O)N2CCC1c1cc3c(cc1C2)OCO3. The number of amides is 1. The van der Waals surface area contributed by atoms with Crippen molar-refractivity contribution in [3.8, 4) is 11.5 Å². The maximum atomic E-state index is 12.5. The summed E-state index contributed by atoms with van der Waals surface area (Å²) in [6.07, 6.45) is 2.32. The molecular weight excluding hydrogens is 270 g/mol. The largest absolute Gasteiger partial charge is 0.454 e. The Balaban J connectivity index is 1.84. The molecule has 2 bridgehead atoms. The fraction of sp³-hybridized carbons (Fsp3) is 0.500. The van der Waals surface area contributed by atoms with Crippen molar-refractivity contribution >= 4 is 11.7 Å². The molecule has 21 heavy (non-hydrogen) atoms. The Bertz CT molecular complexity index is 625. The van der Waals surface area contributed by atoms with E-state index in [-0.39, 0.29) is 24.4 Å². The van der Waals surface area contributed by atoms with Gasteiger partial charge in [0.15, 0.2) is 11.5 Å². The number of ether oxygens (including phenoxy) is 2. The van der Waals surface area contributed by atoms with Crippen LogP contribution in [0.3, 0.4) is 0 Å². The lowest BCUT2D eigenvalue weighted by Crippen LogP contribution is -2.30. The topological polar surface area (TPSA) is 55.8 Å².